The zero-order chi connectivity index (χ0) is 20.9. The van der Waals surface area contributed by atoms with Crippen LogP contribution in [-0.4, -0.2) is 32.2 Å². The summed E-state index contributed by atoms with van der Waals surface area (Å²) in [5, 5.41) is 3.43. The fourth-order valence-corrected chi connectivity index (χ4v) is 4.52. The second-order valence-electron chi connectivity index (χ2n) is 7.97. The summed E-state index contributed by atoms with van der Waals surface area (Å²) in [7, 11) is 0. The zero-order valence-electron chi connectivity index (χ0n) is 16.9. The maximum Gasteiger partial charge on any atom is 0.433 e. The first-order valence-corrected chi connectivity index (χ1v) is 9.88. The van der Waals surface area contributed by atoms with Crippen LogP contribution in [0.5, 0.6) is 0 Å². The SMILES string of the molecule is Cl.Cl.O=c1c(-c2nccn2Cc2ccc(C(F)(F)F)nc2)ccc2n1C[C@@H]1CNC[C@H]2C1. The molecule has 0 amide bonds. The van der Waals surface area contributed by atoms with Crippen molar-refractivity contribution in [3.05, 3.63) is 70.2 Å². The van der Waals surface area contributed by atoms with Gasteiger partial charge in [-0.25, -0.2) is 4.98 Å². The van der Waals surface area contributed by atoms with Gasteiger partial charge in [0.05, 0.1) is 12.1 Å². The monoisotopic (exact) mass is 487 g/mol. The summed E-state index contributed by atoms with van der Waals surface area (Å²) >= 11 is 0. The summed E-state index contributed by atoms with van der Waals surface area (Å²) in [6, 6.07) is 6.18. The van der Waals surface area contributed by atoms with E-state index in [2.05, 4.69) is 15.3 Å². The lowest BCUT2D eigenvalue weighted by molar-refractivity contribution is -0.141. The number of imidazole rings is 1. The number of hydrogen-bond donors (Lipinski definition) is 1. The number of nitrogens with zero attached hydrogens (tertiary/aromatic N) is 4. The molecule has 0 aromatic carbocycles. The zero-order valence-corrected chi connectivity index (χ0v) is 18.5. The Hall–Kier alpha value is -2.36. The van der Waals surface area contributed by atoms with Crippen molar-refractivity contribution in [2.75, 3.05) is 13.1 Å². The van der Waals surface area contributed by atoms with Gasteiger partial charge in [0.2, 0.25) is 0 Å². The third kappa shape index (κ3) is 4.42. The van der Waals surface area contributed by atoms with Crippen LogP contribution >= 0.6 is 24.8 Å². The van der Waals surface area contributed by atoms with Crippen molar-refractivity contribution in [1.29, 1.82) is 0 Å². The second-order valence-corrected chi connectivity index (χ2v) is 7.97. The van der Waals surface area contributed by atoms with E-state index in [0.717, 1.165) is 31.3 Å². The molecule has 2 aliphatic heterocycles. The highest BCUT2D eigenvalue weighted by atomic mass is 35.5. The number of aromatic nitrogens is 4. The van der Waals surface area contributed by atoms with E-state index in [0.29, 0.717) is 35.3 Å². The molecular weight excluding hydrogens is 466 g/mol. The van der Waals surface area contributed by atoms with Crippen molar-refractivity contribution in [2.45, 2.75) is 31.6 Å². The minimum absolute atomic E-state index is 0. The standard InChI is InChI=1S/C21H20F3N5O.2ClH/c22-21(23,24)18-4-1-13(9-27-18)11-28-6-5-26-19(28)16-2-3-17-15-7-14(8-25-10-15)12-29(17)20(16)30;;/h1-6,9,14-15,25H,7-8,10-12H2;2*1H/t14-,15+;;/m0../s1. The predicted molar refractivity (Wildman–Crippen MR) is 118 cm³/mol. The Morgan fingerprint density at radius 1 is 1.09 bits per heavy atom. The molecule has 0 radical (unpaired) electrons. The van der Waals surface area contributed by atoms with Crippen LogP contribution in [0.1, 0.15) is 29.3 Å². The average Bonchev–Trinajstić information content (AvgIpc) is 3.17. The Balaban J connectivity index is 0.00000144. The molecule has 2 atom stereocenters. The third-order valence-electron chi connectivity index (χ3n) is 5.93. The van der Waals surface area contributed by atoms with Crippen LogP contribution in [0.25, 0.3) is 11.4 Å². The molecule has 5 rings (SSSR count). The van der Waals surface area contributed by atoms with Gasteiger partial charge in [0.15, 0.2) is 0 Å². The molecule has 3 aromatic heterocycles. The summed E-state index contributed by atoms with van der Waals surface area (Å²) in [5.41, 5.74) is 1.15. The van der Waals surface area contributed by atoms with Crippen LogP contribution < -0.4 is 10.9 Å². The Morgan fingerprint density at radius 2 is 1.91 bits per heavy atom. The van der Waals surface area contributed by atoms with Gasteiger partial charge in [-0.15, -0.1) is 24.8 Å². The van der Waals surface area contributed by atoms with Crippen LogP contribution in [0.3, 0.4) is 0 Å². The normalized spacial score (nSPS) is 19.5. The molecule has 0 unspecified atom stereocenters. The van der Waals surface area contributed by atoms with Gasteiger partial charge in [-0.1, -0.05) is 6.07 Å². The highest BCUT2D eigenvalue weighted by molar-refractivity contribution is 5.85. The molecule has 2 bridgehead atoms. The first-order chi connectivity index (χ1) is 14.4. The lowest BCUT2D eigenvalue weighted by Crippen LogP contribution is -2.45. The van der Waals surface area contributed by atoms with E-state index < -0.39 is 11.9 Å². The van der Waals surface area contributed by atoms with E-state index in [1.54, 1.807) is 17.0 Å². The van der Waals surface area contributed by atoms with Crippen molar-refractivity contribution in [3.8, 4) is 11.4 Å². The number of hydrogen-bond acceptors (Lipinski definition) is 4. The molecule has 0 saturated carbocycles. The Labute approximate surface area is 194 Å². The molecule has 11 heteroatoms. The number of nitrogens with one attached hydrogen (secondary N) is 1. The van der Waals surface area contributed by atoms with Crippen LogP contribution in [-0.2, 0) is 19.3 Å². The predicted octanol–water partition coefficient (Wildman–Crippen LogP) is 3.72. The second kappa shape index (κ2) is 9.25. The summed E-state index contributed by atoms with van der Waals surface area (Å²) < 4.78 is 41.8. The van der Waals surface area contributed by atoms with E-state index in [1.807, 2.05) is 16.7 Å². The van der Waals surface area contributed by atoms with Gasteiger partial charge in [-0.05, 0) is 42.6 Å². The smallest absolute Gasteiger partial charge is 0.326 e. The van der Waals surface area contributed by atoms with Gasteiger partial charge in [-0.2, -0.15) is 13.2 Å². The molecule has 32 heavy (non-hydrogen) atoms. The van der Waals surface area contributed by atoms with E-state index in [9.17, 15) is 18.0 Å². The highest BCUT2D eigenvalue weighted by Crippen LogP contribution is 2.32. The summed E-state index contributed by atoms with van der Waals surface area (Å²) in [5.74, 6) is 1.29. The molecule has 2 aliphatic rings. The van der Waals surface area contributed by atoms with E-state index in [4.69, 9.17) is 0 Å². The van der Waals surface area contributed by atoms with Gasteiger partial charge in [0, 0.05) is 43.3 Å². The molecule has 1 N–H and O–H groups in total. The van der Waals surface area contributed by atoms with Gasteiger partial charge in [0.25, 0.3) is 5.56 Å². The van der Waals surface area contributed by atoms with Crippen molar-refractivity contribution in [1.82, 2.24) is 24.4 Å². The molecule has 172 valence electrons. The van der Waals surface area contributed by atoms with Crippen LogP contribution in [0.4, 0.5) is 13.2 Å². The Bertz CT molecular complexity index is 1140. The van der Waals surface area contributed by atoms with Gasteiger partial charge < -0.3 is 14.5 Å². The molecule has 5 heterocycles. The minimum atomic E-state index is -4.47. The molecule has 0 spiro atoms. The first kappa shape index (κ1) is 24.3. The molecule has 3 aromatic rings. The number of fused-ring (bicyclic) bond motifs is 4. The van der Waals surface area contributed by atoms with E-state index in [-0.39, 0.29) is 36.9 Å². The highest BCUT2D eigenvalue weighted by Gasteiger charge is 2.33. The van der Waals surface area contributed by atoms with Crippen LogP contribution in [0.15, 0.2) is 47.7 Å². The van der Waals surface area contributed by atoms with Crippen molar-refractivity contribution in [3.63, 3.8) is 0 Å². The number of rotatable bonds is 3. The molecular formula is C21H22Cl2F3N5O. The van der Waals surface area contributed by atoms with Crippen molar-refractivity contribution >= 4 is 24.8 Å². The number of piperidine rings is 1. The quantitative estimate of drug-likeness (QED) is 0.611. The minimum Gasteiger partial charge on any atom is -0.326 e. The van der Waals surface area contributed by atoms with Crippen molar-refractivity contribution < 1.29 is 13.2 Å². The molecule has 1 fully saturated rings. The average molecular weight is 488 g/mol. The molecule has 0 aliphatic carbocycles. The molecule has 1 saturated heterocycles. The topological polar surface area (TPSA) is 64.7 Å². The van der Waals surface area contributed by atoms with Gasteiger partial charge in [0.1, 0.15) is 11.5 Å². The maximum absolute atomic E-state index is 13.3. The van der Waals surface area contributed by atoms with Gasteiger partial charge in [-0.3, -0.25) is 9.78 Å². The third-order valence-corrected chi connectivity index (χ3v) is 5.93. The fourth-order valence-electron chi connectivity index (χ4n) is 4.52. The number of alkyl halides is 3. The first-order valence-electron chi connectivity index (χ1n) is 9.88. The van der Waals surface area contributed by atoms with Crippen LogP contribution in [0, 0.1) is 5.92 Å². The largest absolute Gasteiger partial charge is 0.433 e. The lowest BCUT2D eigenvalue weighted by atomic mass is 9.84. The maximum atomic E-state index is 13.3. The summed E-state index contributed by atoms with van der Waals surface area (Å²) in [6.07, 6.45) is 1.15. The number of halogens is 5. The Morgan fingerprint density at radius 3 is 2.62 bits per heavy atom. The fraction of sp³-hybridized carbons (Fsp3) is 0.381. The van der Waals surface area contributed by atoms with Crippen LogP contribution in [0.2, 0.25) is 0 Å². The van der Waals surface area contributed by atoms with E-state index >= 15 is 0 Å². The summed E-state index contributed by atoms with van der Waals surface area (Å²) in [4.78, 5) is 21.1. The lowest BCUT2D eigenvalue weighted by Gasteiger charge is -2.37. The Kier molecular flexibility index (Phi) is 7.02. The van der Waals surface area contributed by atoms with Gasteiger partial charge >= 0.3 is 6.18 Å². The van der Waals surface area contributed by atoms with Crippen molar-refractivity contribution in [2.24, 2.45) is 5.92 Å². The molecule has 6 nitrogen and oxygen atoms in total. The summed E-state index contributed by atoms with van der Waals surface area (Å²) in [6.45, 7) is 2.76. The number of pyridine rings is 2. The van der Waals surface area contributed by atoms with E-state index in [1.165, 1.54) is 12.3 Å².